The van der Waals surface area contributed by atoms with E-state index in [-0.39, 0.29) is 17.9 Å². The van der Waals surface area contributed by atoms with Crippen LogP contribution in [0.3, 0.4) is 0 Å². The maximum Gasteiger partial charge on any atom is 0.420 e. The van der Waals surface area contributed by atoms with E-state index in [0.29, 0.717) is 5.56 Å². The Bertz CT molecular complexity index is 812. The molecule has 1 aliphatic rings. The van der Waals surface area contributed by atoms with E-state index in [4.69, 9.17) is 4.74 Å². The Balaban J connectivity index is 2.51. The van der Waals surface area contributed by atoms with Crippen molar-refractivity contribution >= 4 is 23.7 Å². The summed E-state index contributed by atoms with van der Waals surface area (Å²) in [5.74, 6) is -0.894. The number of imide groups is 1. The van der Waals surface area contributed by atoms with Gasteiger partial charge < -0.3 is 9.47 Å². The molecule has 0 bridgehead atoms. The molecule has 0 aliphatic carbocycles. The number of nitrogens with zero attached hydrogens (tertiary/aromatic N) is 2. The second-order valence-corrected chi connectivity index (χ2v) is 7.57. The normalized spacial score (nSPS) is 18.9. The molecule has 1 aliphatic heterocycles. The average Bonchev–Trinajstić information content (AvgIpc) is 2.80. The smallest absolute Gasteiger partial charge is 0.420 e. The van der Waals surface area contributed by atoms with Gasteiger partial charge in [-0.25, -0.2) is 9.69 Å². The van der Waals surface area contributed by atoms with Gasteiger partial charge >= 0.3 is 12.1 Å². The van der Waals surface area contributed by atoms with Crippen LogP contribution in [0, 0.1) is 15.5 Å². The Morgan fingerprint density at radius 1 is 1.30 bits per heavy atom. The summed E-state index contributed by atoms with van der Waals surface area (Å²) in [6.45, 7) is 6.17. The van der Waals surface area contributed by atoms with E-state index in [2.05, 4.69) is 4.74 Å². The fourth-order valence-electron chi connectivity index (χ4n) is 2.78. The largest absolute Gasteiger partial charge is 0.452 e. The van der Waals surface area contributed by atoms with E-state index >= 15 is 0 Å². The lowest BCUT2D eigenvalue weighted by Gasteiger charge is -2.22. The van der Waals surface area contributed by atoms with E-state index in [1.165, 1.54) is 25.1 Å². The van der Waals surface area contributed by atoms with Crippen molar-refractivity contribution in [3.8, 4) is 5.75 Å². The summed E-state index contributed by atoms with van der Waals surface area (Å²) in [5.41, 5.74) is -1.42. The van der Waals surface area contributed by atoms with Crippen LogP contribution >= 0.6 is 0 Å². The maximum absolute atomic E-state index is 12.9. The van der Waals surface area contributed by atoms with E-state index < -0.39 is 40.3 Å². The van der Waals surface area contributed by atoms with Crippen molar-refractivity contribution in [1.29, 1.82) is 0 Å². The number of benzene rings is 1. The highest BCUT2D eigenvalue weighted by atomic mass is 16.6. The minimum Gasteiger partial charge on any atom is -0.452 e. The summed E-state index contributed by atoms with van der Waals surface area (Å²) in [6.07, 6.45) is -0.999. The standard InChI is InChI=1S/C18H22N2O7/c1-17(2,3)15(22)27-11-6-7-13-12(10-11)18(4,8-9-19(24)25)14(21)20(13)16(23)26-5/h6-7,10H,8-9H2,1-5H3. The molecule has 0 fully saturated rings. The molecular formula is C18H22N2O7. The van der Waals surface area contributed by atoms with E-state index in [0.717, 1.165) is 12.0 Å². The summed E-state index contributed by atoms with van der Waals surface area (Å²) in [4.78, 5) is 48.2. The Morgan fingerprint density at radius 2 is 1.93 bits per heavy atom. The van der Waals surface area contributed by atoms with Gasteiger partial charge in [-0.3, -0.25) is 19.7 Å². The molecule has 1 heterocycles. The highest BCUT2D eigenvalue weighted by Gasteiger charge is 2.51. The average molecular weight is 378 g/mol. The first-order valence-electron chi connectivity index (χ1n) is 8.33. The van der Waals surface area contributed by atoms with Crippen molar-refractivity contribution in [3.05, 3.63) is 33.9 Å². The number of esters is 1. The van der Waals surface area contributed by atoms with Crippen LogP contribution in [0.25, 0.3) is 0 Å². The Kier molecular flexibility index (Phi) is 5.26. The first kappa shape index (κ1) is 20.3. The van der Waals surface area contributed by atoms with Crippen molar-refractivity contribution in [2.45, 2.75) is 39.5 Å². The third kappa shape index (κ3) is 3.76. The highest BCUT2D eigenvalue weighted by molar-refractivity contribution is 6.21. The van der Waals surface area contributed by atoms with Crippen molar-refractivity contribution in [1.82, 2.24) is 0 Å². The van der Waals surface area contributed by atoms with Crippen molar-refractivity contribution < 1.29 is 28.8 Å². The number of anilines is 1. The molecule has 27 heavy (non-hydrogen) atoms. The second kappa shape index (κ2) is 6.98. The minimum atomic E-state index is -1.32. The number of hydrogen-bond acceptors (Lipinski definition) is 7. The van der Waals surface area contributed by atoms with Crippen molar-refractivity contribution in [2.24, 2.45) is 5.41 Å². The molecule has 9 nitrogen and oxygen atoms in total. The number of fused-ring (bicyclic) bond motifs is 1. The third-order valence-corrected chi connectivity index (χ3v) is 4.45. The Morgan fingerprint density at radius 3 is 2.44 bits per heavy atom. The van der Waals surface area contributed by atoms with Crippen molar-refractivity contribution in [2.75, 3.05) is 18.6 Å². The zero-order valence-corrected chi connectivity index (χ0v) is 15.9. The van der Waals surface area contributed by atoms with E-state index in [1.54, 1.807) is 20.8 Å². The van der Waals surface area contributed by atoms with Gasteiger partial charge in [-0.1, -0.05) is 0 Å². The van der Waals surface area contributed by atoms with Crippen molar-refractivity contribution in [3.63, 3.8) is 0 Å². The number of rotatable bonds is 4. The van der Waals surface area contributed by atoms with Gasteiger partial charge in [0.15, 0.2) is 0 Å². The first-order valence-corrected chi connectivity index (χ1v) is 8.33. The molecule has 0 saturated heterocycles. The molecule has 146 valence electrons. The van der Waals surface area contributed by atoms with Crippen LogP contribution in [0.5, 0.6) is 5.75 Å². The predicted octanol–water partition coefficient (Wildman–Crippen LogP) is 2.68. The van der Waals surface area contributed by atoms with Gasteiger partial charge in [-0.15, -0.1) is 0 Å². The molecule has 1 unspecified atom stereocenters. The summed E-state index contributed by atoms with van der Waals surface area (Å²) in [7, 11) is 1.14. The van der Waals surface area contributed by atoms with Crippen LogP contribution in [-0.2, 0) is 19.7 Å². The quantitative estimate of drug-likeness (QED) is 0.342. The summed E-state index contributed by atoms with van der Waals surface area (Å²) in [6, 6.07) is 4.40. The van der Waals surface area contributed by atoms with E-state index in [1.807, 2.05) is 0 Å². The molecule has 1 aromatic rings. The van der Waals surface area contributed by atoms with Gasteiger partial charge in [-0.05, 0) is 51.5 Å². The lowest BCUT2D eigenvalue weighted by Crippen LogP contribution is -2.42. The van der Waals surface area contributed by atoms with Gasteiger partial charge in [0.25, 0.3) is 0 Å². The number of carbonyl (C=O) groups excluding carboxylic acids is 3. The number of ether oxygens (including phenoxy) is 2. The molecule has 0 radical (unpaired) electrons. The first-order chi connectivity index (χ1) is 12.4. The lowest BCUT2D eigenvalue weighted by atomic mass is 9.80. The fraction of sp³-hybridized carbons (Fsp3) is 0.500. The van der Waals surface area contributed by atoms with Gasteiger partial charge in [0, 0.05) is 11.3 Å². The molecule has 0 N–H and O–H groups in total. The van der Waals surface area contributed by atoms with Crippen LogP contribution < -0.4 is 9.64 Å². The number of methoxy groups -OCH3 is 1. The summed E-state index contributed by atoms with van der Waals surface area (Å²) >= 11 is 0. The molecule has 0 spiro atoms. The van der Waals surface area contributed by atoms with Crippen LogP contribution in [-0.4, -0.2) is 36.5 Å². The molecule has 0 saturated carbocycles. The van der Waals surface area contributed by atoms with E-state index in [9.17, 15) is 24.5 Å². The number of amides is 2. The second-order valence-electron chi connectivity index (χ2n) is 7.57. The fourth-order valence-corrected chi connectivity index (χ4v) is 2.78. The third-order valence-electron chi connectivity index (χ3n) is 4.45. The molecule has 0 aromatic heterocycles. The Hall–Kier alpha value is -2.97. The number of nitro groups is 1. The molecule has 1 aromatic carbocycles. The zero-order valence-electron chi connectivity index (χ0n) is 15.9. The van der Waals surface area contributed by atoms with Crippen LogP contribution in [0.15, 0.2) is 18.2 Å². The predicted molar refractivity (Wildman–Crippen MR) is 95.3 cm³/mol. The molecule has 9 heteroatoms. The van der Waals surface area contributed by atoms with Gasteiger partial charge in [-0.2, -0.15) is 0 Å². The topological polar surface area (TPSA) is 116 Å². The minimum absolute atomic E-state index is 0.115. The molecule has 2 rings (SSSR count). The molecular weight excluding hydrogens is 356 g/mol. The molecule has 1 atom stereocenters. The van der Waals surface area contributed by atoms with Crippen LogP contribution in [0.2, 0.25) is 0 Å². The number of hydrogen-bond donors (Lipinski definition) is 0. The van der Waals surface area contributed by atoms with Crippen LogP contribution in [0.1, 0.15) is 39.7 Å². The monoisotopic (exact) mass is 378 g/mol. The van der Waals surface area contributed by atoms with Crippen LogP contribution in [0.4, 0.5) is 10.5 Å². The zero-order chi connectivity index (χ0) is 20.6. The van der Waals surface area contributed by atoms with Gasteiger partial charge in [0.05, 0.1) is 23.6 Å². The van der Waals surface area contributed by atoms with Gasteiger partial charge in [0.1, 0.15) is 5.75 Å². The maximum atomic E-state index is 12.9. The summed E-state index contributed by atoms with van der Waals surface area (Å²) < 4.78 is 10.0. The Labute approximate surface area is 156 Å². The van der Waals surface area contributed by atoms with Gasteiger partial charge in [0.2, 0.25) is 12.5 Å². The lowest BCUT2D eigenvalue weighted by molar-refractivity contribution is -0.481. The SMILES string of the molecule is COC(=O)N1C(=O)C(C)(CC[N+](=O)[O-])c2cc(OC(=O)C(C)(C)C)ccc21. The summed E-state index contributed by atoms with van der Waals surface area (Å²) in [5, 5.41) is 10.8. The highest BCUT2D eigenvalue weighted by Crippen LogP contribution is 2.45. The molecule has 2 amide bonds. The number of carbonyl (C=O) groups is 3.